The average Bonchev–Trinajstić information content (AvgIpc) is 2.60. The number of nitrogens with one attached hydrogen (secondary N) is 3. The maximum absolute atomic E-state index is 12.3. The molecule has 25 heavy (non-hydrogen) atoms. The Morgan fingerprint density at radius 1 is 1.16 bits per heavy atom. The third kappa shape index (κ3) is 4.87. The van der Waals surface area contributed by atoms with E-state index in [1.165, 1.54) is 0 Å². The van der Waals surface area contributed by atoms with Crippen LogP contribution in [0, 0.1) is 0 Å². The highest BCUT2D eigenvalue weighted by Gasteiger charge is 2.24. The molecule has 2 atom stereocenters. The van der Waals surface area contributed by atoms with Gasteiger partial charge < -0.3 is 16.0 Å². The topological polar surface area (TPSA) is 83.1 Å². The largest absolute Gasteiger partial charge is 0.347 e. The summed E-state index contributed by atoms with van der Waals surface area (Å²) < 4.78 is 0. The Kier molecular flexibility index (Phi) is 5.74. The quantitative estimate of drug-likeness (QED) is 0.702. The van der Waals surface area contributed by atoms with Crippen LogP contribution in [0.15, 0.2) is 54.7 Å². The minimum Gasteiger partial charge on any atom is -0.347 e. The minimum absolute atomic E-state index is 0.0252. The van der Waals surface area contributed by atoms with Crippen molar-refractivity contribution in [1.29, 1.82) is 0 Å². The fourth-order valence-electron chi connectivity index (χ4n) is 2.71. The van der Waals surface area contributed by atoms with E-state index in [1.54, 1.807) is 6.20 Å². The minimum atomic E-state index is -0.211. The van der Waals surface area contributed by atoms with Crippen molar-refractivity contribution in [3.8, 4) is 0 Å². The number of amides is 2. The average molecular weight is 338 g/mol. The highest BCUT2D eigenvalue weighted by Crippen LogP contribution is 2.17. The Morgan fingerprint density at radius 3 is 2.56 bits per heavy atom. The summed E-state index contributed by atoms with van der Waals surface area (Å²) in [6.45, 7) is 0.826. The van der Waals surface area contributed by atoms with Crippen molar-refractivity contribution in [1.82, 2.24) is 20.9 Å². The molecule has 2 unspecified atom stereocenters. The maximum Gasteiger partial charge on any atom is 0.239 e. The van der Waals surface area contributed by atoms with Crippen LogP contribution in [0.5, 0.6) is 0 Å². The lowest BCUT2D eigenvalue weighted by atomic mass is 10.0. The summed E-state index contributed by atoms with van der Waals surface area (Å²) in [6.07, 6.45) is 3.15. The Bertz CT molecular complexity index is 702. The van der Waals surface area contributed by atoms with Crippen LogP contribution < -0.4 is 16.0 Å². The summed E-state index contributed by atoms with van der Waals surface area (Å²) in [7, 11) is 0. The van der Waals surface area contributed by atoms with E-state index in [2.05, 4.69) is 20.9 Å². The van der Waals surface area contributed by atoms with E-state index in [0.717, 1.165) is 24.2 Å². The van der Waals surface area contributed by atoms with Gasteiger partial charge in [0.1, 0.15) is 0 Å². The first-order chi connectivity index (χ1) is 12.2. The molecule has 2 amide bonds. The third-order valence-corrected chi connectivity index (χ3v) is 4.24. The van der Waals surface area contributed by atoms with E-state index in [-0.39, 0.29) is 30.4 Å². The lowest BCUT2D eigenvalue weighted by Gasteiger charge is -2.26. The molecule has 2 aromatic rings. The molecule has 2 heterocycles. The van der Waals surface area contributed by atoms with Crippen LogP contribution >= 0.6 is 0 Å². The summed E-state index contributed by atoms with van der Waals surface area (Å²) in [5, 5.41) is 8.69. The van der Waals surface area contributed by atoms with Gasteiger partial charge in [0.2, 0.25) is 11.8 Å². The third-order valence-electron chi connectivity index (χ3n) is 4.24. The first-order valence-corrected chi connectivity index (χ1v) is 8.47. The van der Waals surface area contributed by atoms with Crippen molar-refractivity contribution in [3.05, 3.63) is 66.0 Å². The molecule has 6 nitrogen and oxygen atoms in total. The maximum atomic E-state index is 12.3. The molecule has 0 spiro atoms. The van der Waals surface area contributed by atoms with E-state index in [9.17, 15) is 9.59 Å². The van der Waals surface area contributed by atoms with Crippen molar-refractivity contribution in [2.45, 2.75) is 24.9 Å². The molecule has 1 aliphatic rings. The highest BCUT2D eigenvalue weighted by molar-refractivity contribution is 5.88. The van der Waals surface area contributed by atoms with Gasteiger partial charge in [0, 0.05) is 18.3 Å². The second-order valence-corrected chi connectivity index (χ2v) is 6.07. The van der Waals surface area contributed by atoms with Gasteiger partial charge in [0.05, 0.1) is 18.6 Å². The van der Waals surface area contributed by atoms with Crippen LogP contribution in [0.25, 0.3) is 0 Å². The zero-order valence-electron chi connectivity index (χ0n) is 13.9. The fraction of sp³-hybridized carbons (Fsp3) is 0.316. The lowest BCUT2D eigenvalue weighted by molar-refractivity contribution is -0.128. The number of carbonyl (C=O) groups excluding carboxylic acids is 2. The van der Waals surface area contributed by atoms with Gasteiger partial charge in [-0.15, -0.1) is 0 Å². The van der Waals surface area contributed by atoms with Crippen molar-refractivity contribution in [2.24, 2.45) is 0 Å². The molecule has 0 saturated carbocycles. The van der Waals surface area contributed by atoms with Crippen LogP contribution in [0.3, 0.4) is 0 Å². The highest BCUT2D eigenvalue weighted by atomic mass is 16.2. The second-order valence-electron chi connectivity index (χ2n) is 6.07. The van der Waals surface area contributed by atoms with Gasteiger partial charge >= 0.3 is 0 Å². The first-order valence-electron chi connectivity index (χ1n) is 8.47. The van der Waals surface area contributed by atoms with Gasteiger partial charge in [-0.3, -0.25) is 14.6 Å². The molecular weight excluding hydrogens is 316 g/mol. The number of pyridine rings is 1. The molecular formula is C19H22N4O2. The van der Waals surface area contributed by atoms with Crippen molar-refractivity contribution in [3.63, 3.8) is 0 Å². The molecule has 3 N–H and O–H groups in total. The zero-order valence-corrected chi connectivity index (χ0v) is 13.9. The second kappa shape index (κ2) is 8.39. The lowest BCUT2D eigenvalue weighted by Crippen LogP contribution is -2.54. The van der Waals surface area contributed by atoms with Crippen molar-refractivity contribution >= 4 is 11.8 Å². The molecule has 1 aromatic carbocycles. The summed E-state index contributed by atoms with van der Waals surface area (Å²) in [5.74, 6) is -0.333. The molecule has 1 fully saturated rings. The Morgan fingerprint density at radius 2 is 1.92 bits per heavy atom. The van der Waals surface area contributed by atoms with Crippen LogP contribution in [-0.2, 0) is 16.0 Å². The van der Waals surface area contributed by atoms with Gasteiger partial charge in [-0.2, -0.15) is 0 Å². The first kappa shape index (κ1) is 17.1. The van der Waals surface area contributed by atoms with Gasteiger partial charge in [-0.25, -0.2) is 0 Å². The smallest absolute Gasteiger partial charge is 0.239 e. The number of aromatic nitrogens is 1. The van der Waals surface area contributed by atoms with Crippen LogP contribution in [-0.4, -0.2) is 35.9 Å². The van der Waals surface area contributed by atoms with Gasteiger partial charge in [-0.1, -0.05) is 36.4 Å². The fourth-order valence-corrected chi connectivity index (χ4v) is 2.71. The normalized spacial score (nSPS) is 17.2. The molecule has 0 aliphatic carbocycles. The van der Waals surface area contributed by atoms with E-state index in [4.69, 9.17) is 0 Å². The van der Waals surface area contributed by atoms with E-state index >= 15 is 0 Å². The molecule has 1 saturated heterocycles. The van der Waals surface area contributed by atoms with E-state index in [0.29, 0.717) is 6.42 Å². The standard InChI is InChI=1S/C19H22N4O2/c24-18(13-22-19(25)16-9-11-21-16)23-17(14-6-2-1-3-7-14)12-15-8-4-5-10-20-15/h1-8,10,16-17,21H,9,11-13H2,(H,22,25)(H,23,24). The molecule has 3 rings (SSSR count). The molecule has 6 heteroatoms. The number of nitrogens with zero attached hydrogens (tertiary/aromatic N) is 1. The Labute approximate surface area is 147 Å². The number of hydrogen-bond acceptors (Lipinski definition) is 4. The Balaban J connectivity index is 1.60. The number of rotatable bonds is 7. The molecule has 1 aliphatic heterocycles. The van der Waals surface area contributed by atoms with Gasteiger partial charge in [0.15, 0.2) is 0 Å². The SMILES string of the molecule is O=C(CNC(=O)C1CCN1)NC(Cc1ccccn1)c1ccccc1. The number of benzene rings is 1. The van der Waals surface area contributed by atoms with Gasteiger partial charge in [0.25, 0.3) is 0 Å². The summed E-state index contributed by atoms with van der Waals surface area (Å²) >= 11 is 0. The molecule has 0 bridgehead atoms. The molecule has 130 valence electrons. The van der Waals surface area contributed by atoms with Crippen LogP contribution in [0.2, 0.25) is 0 Å². The van der Waals surface area contributed by atoms with Crippen LogP contribution in [0.4, 0.5) is 0 Å². The Hall–Kier alpha value is -2.73. The molecule has 1 aromatic heterocycles. The monoisotopic (exact) mass is 338 g/mol. The number of hydrogen-bond donors (Lipinski definition) is 3. The predicted octanol–water partition coefficient (Wildman–Crippen LogP) is 0.960. The van der Waals surface area contributed by atoms with Gasteiger partial charge in [-0.05, 0) is 30.7 Å². The van der Waals surface area contributed by atoms with Crippen molar-refractivity contribution < 1.29 is 9.59 Å². The zero-order chi connectivity index (χ0) is 17.5. The predicted molar refractivity (Wildman–Crippen MR) is 94.7 cm³/mol. The summed E-state index contributed by atoms with van der Waals surface area (Å²) in [5.41, 5.74) is 1.91. The summed E-state index contributed by atoms with van der Waals surface area (Å²) in [6, 6.07) is 15.2. The van der Waals surface area contributed by atoms with E-state index < -0.39 is 0 Å². The molecule has 0 radical (unpaired) electrons. The summed E-state index contributed by atoms with van der Waals surface area (Å²) in [4.78, 5) is 28.4. The van der Waals surface area contributed by atoms with Crippen LogP contribution in [0.1, 0.15) is 23.7 Å². The van der Waals surface area contributed by atoms with E-state index in [1.807, 2.05) is 48.5 Å². The number of carbonyl (C=O) groups is 2. The van der Waals surface area contributed by atoms with Crippen molar-refractivity contribution in [2.75, 3.05) is 13.1 Å².